The van der Waals surface area contributed by atoms with Crippen molar-refractivity contribution >= 4 is 0 Å². The molecule has 1 aliphatic carbocycles. The second-order valence-corrected chi connectivity index (χ2v) is 4.64. The Morgan fingerprint density at radius 1 is 1.44 bits per heavy atom. The molecule has 1 saturated carbocycles. The van der Waals surface area contributed by atoms with Crippen molar-refractivity contribution in [3.63, 3.8) is 0 Å². The summed E-state index contributed by atoms with van der Waals surface area (Å²) in [5.74, 6) is 0.920. The number of hydrogen-bond acceptors (Lipinski definition) is 3. The normalized spacial score (nSPS) is 17.5. The highest BCUT2D eigenvalue weighted by Gasteiger charge is 2.44. The van der Waals surface area contributed by atoms with Crippen molar-refractivity contribution < 1.29 is 4.74 Å². The quantitative estimate of drug-likeness (QED) is 0.819. The van der Waals surface area contributed by atoms with Crippen LogP contribution in [0.3, 0.4) is 0 Å². The van der Waals surface area contributed by atoms with Crippen molar-refractivity contribution in [2.75, 3.05) is 20.7 Å². The first-order valence-electron chi connectivity index (χ1n) is 5.74. The smallest absolute Gasteiger partial charge is 0.119 e. The molecule has 2 N–H and O–H groups in total. The molecule has 0 heterocycles. The van der Waals surface area contributed by atoms with Crippen LogP contribution < -0.4 is 10.5 Å². The molecule has 1 aromatic carbocycles. The molecule has 1 fully saturated rings. The summed E-state index contributed by atoms with van der Waals surface area (Å²) in [6.07, 6.45) is 2.45. The molecule has 2 rings (SSSR count). The number of benzene rings is 1. The van der Waals surface area contributed by atoms with Crippen LogP contribution in [0, 0.1) is 0 Å². The van der Waals surface area contributed by atoms with Crippen molar-refractivity contribution in [1.82, 2.24) is 4.90 Å². The van der Waals surface area contributed by atoms with Crippen LogP contribution in [-0.2, 0) is 6.54 Å². The summed E-state index contributed by atoms with van der Waals surface area (Å²) in [5, 5.41) is 0. The zero-order chi connectivity index (χ0) is 11.6. The molecule has 3 nitrogen and oxygen atoms in total. The van der Waals surface area contributed by atoms with Crippen LogP contribution in [0.25, 0.3) is 0 Å². The van der Waals surface area contributed by atoms with E-state index in [9.17, 15) is 0 Å². The number of rotatable bonds is 5. The topological polar surface area (TPSA) is 38.5 Å². The Balaban J connectivity index is 2.03. The molecule has 1 aromatic rings. The third-order valence-corrected chi connectivity index (χ3v) is 3.57. The van der Waals surface area contributed by atoms with Gasteiger partial charge in [0.2, 0.25) is 0 Å². The van der Waals surface area contributed by atoms with E-state index >= 15 is 0 Å². The van der Waals surface area contributed by atoms with E-state index in [4.69, 9.17) is 10.5 Å². The zero-order valence-electron chi connectivity index (χ0n) is 10.1. The van der Waals surface area contributed by atoms with Gasteiger partial charge in [-0.05, 0) is 37.6 Å². The van der Waals surface area contributed by atoms with E-state index in [0.29, 0.717) is 0 Å². The summed E-state index contributed by atoms with van der Waals surface area (Å²) in [6, 6.07) is 8.22. The molecular weight excluding hydrogens is 200 g/mol. The predicted octanol–water partition coefficient (Wildman–Crippen LogP) is 1.62. The average molecular weight is 220 g/mol. The molecule has 16 heavy (non-hydrogen) atoms. The lowest BCUT2D eigenvalue weighted by Crippen LogP contribution is -2.39. The minimum absolute atomic E-state index is 0.267. The highest BCUT2D eigenvalue weighted by molar-refractivity contribution is 5.28. The maximum Gasteiger partial charge on any atom is 0.119 e. The monoisotopic (exact) mass is 220 g/mol. The minimum atomic E-state index is 0.267. The van der Waals surface area contributed by atoms with Gasteiger partial charge in [-0.2, -0.15) is 0 Å². The van der Waals surface area contributed by atoms with Gasteiger partial charge in [-0.1, -0.05) is 12.1 Å². The van der Waals surface area contributed by atoms with E-state index in [1.807, 2.05) is 12.1 Å². The minimum Gasteiger partial charge on any atom is -0.497 e. The summed E-state index contributed by atoms with van der Waals surface area (Å²) in [5.41, 5.74) is 7.36. The number of nitrogens with two attached hydrogens (primary N) is 1. The van der Waals surface area contributed by atoms with Gasteiger partial charge in [0.15, 0.2) is 0 Å². The summed E-state index contributed by atoms with van der Waals surface area (Å²) in [6.45, 7) is 1.70. The first-order chi connectivity index (χ1) is 7.70. The Labute approximate surface area is 97.2 Å². The second kappa shape index (κ2) is 4.44. The second-order valence-electron chi connectivity index (χ2n) is 4.64. The largest absolute Gasteiger partial charge is 0.497 e. The lowest BCUT2D eigenvalue weighted by molar-refractivity contribution is 0.218. The van der Waals surface area contributed by atoms with E-state index in [0.717, 1.165) is 18.8 Å². The van der Waals surface area contributed by atoms with Crippen molar-refractivity contribution in [3.05, 3.63) is 29.8 Å². The Morgan fingerprint density at radius 3 is 2.75 bits per heavy atom. The summed E-state index contributed by atoms with van der Waals surface area (Å²) < 4.78 is 5.22. The molecule has 0 radical (unpaired) electrons. The molecule has 0 amide bonds. The van der Waals surface area contributed by atoms with Crippen LogP contribution in [0.5, 0.6) is 5.75 Å². The molecule has 0 aromatic heterocycles. The van der Waals surface area contributed by atoms with Gasteiger partial charge in [-0.15, -0.1) is 0 Å². The van der Waals surface area contributed by atoms with Crippen LogP contribution in [0.1, 0.15) is 18.4 Å². The third kappa shape index (κ3) is 2.20. The summed E-state index contributed by atoms with van der Waals surface area (Å²) in [4.78, 5) is 2.36. The number of methoxy groups -OCH3 is 1. The molecule has 1 aliphatic rings. The zero-order valence-corrected chi connectivity index (χ0v) is 10.1. The lowest BCUT2D eigenvalue weighted by atomic mass is 10.1. The third-order valence-electron chi connectivity index (χ3n) is 3.57. The fourth-order valence-electron chi connectivity index (χ4n) is 2.10. The Morgan fingerprint density at radius 2 is 2.19 bits per heavy atom. The van der Waals surface area contributed by atoms with Gasteiger partial charge in [0, 0.05) is 18.6 Å². The van der Waals surface area contributed by atoms with Gasteiger partial charge in [0.1, 0.15) is 5.75 Å². The summed E-state index contributed by atoms with van der Waals surface area (Å²) in [7, 11) is 3.85. The molecular formula is C13H20N2O. The molecule has 0 aliphatic heterocycles. The van der Waals surface area contributed by atoms with E-state index in [1.54, 1.807) is 7.11 Å². The molecule has 0 atom stereocenters. The Hall–Kier alpha value is -1.06. The SMILES string of the molecule is COc1cccc(CN(C)C2(CN)CC2)c1. The maximum absolute atomic E-state index is 5.81. The predicted molar refractivity (Wildman–Crippen MR) is 65.5 cm³/mol. The van der Waals surface area contributed by atoms with Crippen molar-refractivity contribution in [2.45, 2.75) is 24.9 Å². The Bertz CT molecular complexity index is 361. The van der Waals surface area contributed by atoms with Gasteiger partial charge >= 0.3 is 0 Å². The van der Waals surface area contributed by atoms with Crippen LogP contribution in [0.15, 0.2) is 24.3 Å². The van der Waals surface area contributed by atoms with Gasteiger partial charge in [-0.25, -0.2) is 0 Å². The molecule has 0 unspecified atom stereocenters. The first-order valence-corrected chi connectivity index (χ1v) is 5.74. The van der Waals surface area contributed by atoms with Gasteiger partial charge in [-0.3, -0.25) is 4.90 Å². The number of nitrogens with zero attached hydrogens (tertiary/aromatic N) is 1. The maximum atomic E-state index is 5.81. The number of likely N-dealkylation sites (N-methyl/N-ethyl adjacent to an activating group) is 1. The molecule has 88 valence electrons. The standard InChI is InChI=1S/C13H20N2O/c1-15(13(10-14)6-7-13)9-11-4-3-5-12(8-11)16-2/h3-5,8H,6-7,9-10,14H2,1-2H3. The van der Waals surface area contributed by atoms with E-state index in [1.165, 1.54) is 18.4 Å². The number of ether oxygens (including phenoxy) is 1. The van der Waals surface area contributed by atoms with Crippen LogP contribution in [0.4, 0.5) is 0 Å². The van der Waals surface area contributed by atoms with Gasteiger partial charge in [0.05, 0.1) is 7.11 Å². The van der Waals surface area contributed by atoms with Crippen LogP contribution in [-0.4, -0.2) is 31.1 Å². The van der Waals surface area contributed by atoms with E-state index in [2.05, 4.69) is 24.1 Å². The van der Waals surface area contributed by atoms with E-state index in [-0.39, 0.29) is 5.54 Å². The van der Waals surface area contributed by atoms with Gasteiger partial charge in [0.25, 0.3) is 0 Å². The van der Waals surface area contributed by atoms with Crippen LogP contribution in [0.2, 0.25) is 0 Å². The molecule has 0 spiro atoms. The van der Waals surface area contributed by atoms with Crippen LogP contribution >= 0.6 is 0 Å². The Kier molecular flexibility index (Phi) is 3.17. The summed E-state index contributed by atoms with van der Waals surface area (Å²) >= 11 is 0. The van der Waals surface area contributed by atoms with Crippen molar-refractivity contribution in [3.8, 4) is 5.75 Å². The number of hydrogen-bond donors (Lipinski definition) is 1. The van der Waals surface area contributed by atoms with Crippen molar-refractivity contribution in [2.24, 2.45) is 5.73 Å². The highest BCUT2D eigenvalue weighted by atomic mass is 16.5. The molecule has 0 saturated heterocycles. The first kappa shape index (κ1) is 11.4. The fourth-order valence-corrected chi connectivity index (χ4v) is 2.10. The van der Waals surface area contributed by atoms with Crippen molar-refractivity contribution in [1.29, 1.82) is 0 Å². The molecule has 3 heteroatoms. The lowest BCUT2D eigenvalue weighted by Gasteiger charge is -2.26. The van der Waals surface area contributed by atoms with Gasteiger partial charge < -0.3 is 10.5 Å². The molecule has 0 bridgehead atoms. The highest BCUT2D eigenvalue weighted by Crippen LogP contribution is 2.40. The van der Waals surface area contributed by atoms with E-state index < -0.39 is 0 Å². The average Bonchev–Trinajstić information content (AvgIpc) is 3.10. The fraction of sp³-hybridized carbons (Fsp3) is 0.538.